The number of nitrogens with one attached hydrogen (secondary N) is 2. The first-order valence-electron chi connectivity index (χ1n) is 3.28. The molecule has 56 valence electrons. The molecule has 0 aliphatic carbocycles. The van der Waals surface area contributed by atoms with Gasteiger partial charge in [-0.05, 0) is 26.1 Å². The number of thiocarbonyl (C=S) groups is 1. The molecule has 3 nitrogen and oxygen atoms in total. The van der Waals surface area contributed by atoms with E-state index in [0.717, 1.165) is 12.1 Å². The maximum atomic E-state index is 4.89. The second-order valence-electron chi connectivity index (χ2n) is 2.54. The van der Waals surface area contributed by atoms with Gasteiger partial charge >= 0.3 is 0 Å². The Balaban J connectivity index is 2.61. The fourth-order valence-electron chi connectivity index (χ4n) is 0.942. The summed E-state index contributed by atoms with van der Waals surface area (Å²) in [4.78, 5) is 0. The Labute approximate surface area is 65.9 Å². The van der Waals surface area contributed by atoms with Crippen LogP contribution in [0.25, 0.3) is 0 Å². The molecule has 4 heteroatoms. The Hall–Kier alpha value is -0.640. The van der Waals surface area contributed by atoms with Crippen LogP contribution in [0.2, 0.25) is 0 Å². The third-order valence-electron chi connectivity index (χ3n) is 1.33. The summed E-state index contributed by atoms with van der Waals surface area (Å²) in [5.41, 5.74) is 3.82. The van der Waals surface area contributed by atoms with Crippen molar-refractivity contribution in [2.45, 2.75) is 26.3 Å². The van der Waals surface area contributed by atoms with Gasteiger partial charge in [0.1, 0.15) is 0 Å². The summed E-state index contributed by atoms with van der Waals surface area (Å²) in [7, 11) is 0. The van der Waals surface area contributed by atoms with Crippen LogP contribution in [0.15, 0.2) is 5.10 Å². The molecule has 1 unspecified atom stereocenters. The lowest BCUT2D eigenvalue weighted by atomic mass is 10.2. The second-order valence-corrected chi connectivity index (χ2v) is 2.95. The van der Waals surface area contributed by atoms with Gasteiger partial charge in [0.2, 0.25) is 0 Å². The van der Waals surface area contributed by atoms with Gasteiger partial charge in [-0.3, -0.25) is 5.43 Å². The summed E-state index contributed by atoms with van der Waals surface area (Å²) < 4.78 is 0. The zero-order valence-corrected chi connectivity index (χ0v) is 6.96. The number of hydrazone groups is 1. The molecular formula is C6H11N3S. The summed E-state index contributed by atoms with van der Waals surface area (Å²) in [5.74, 6) is 0. The zero-order chi connectivity index (χ0) is 7.56. The van der Waals surface area contributed by atoms with Gasteiger partial charge in [0, 0.05) is 18.2 Å². The lowest BCUT2D eigenvalue weighted by Gasteiger charge is -2.09. The Kier molecular flexibility index (Phi) is 2.21. The van der Waals surface area contributed by atoms with Gasteiger partial charge in [0.05, 0.1) is 0 Å². The molecule has 1 aliphatic rings. The first-order chi connectivity index (χ1) is 4.68. The van der Waals surface area contributed by atoms with Crippen LogP contribution in [0, 0.1) is 0 Å². The third kappa shape index (κ3) is 1.95. The van der Waals surface area contributed by atoms with E-state index in [2.05, 4.69) is 22.8 Å². The number of nitrogens with zero attached hydrogens (tertiary/aromatic N) is 1. The molecule has 1 aliphatic heterocycles. The summed E-state index contributed by atoms with van der Waals surface area (Å²) in [6, 6.07) is 0.395. The molecule has 1 rings (SSSR count). The number of rotatable bonds is 0. The Morgan fingerprint density at radius 1 is 1.70 bits per heavy atom. The highest BCUT2D eigenvalue weighted by Crippen LogP contribution is 1.96. The van der Waals surface area contributed by atoms with Crippen LogP contribution in [0.1, 0.15) is 20.3 Å². The molecule has 0 bridgehead atoms. The fourth-order valence-corrected chi connectivity index (χ4v) is 1.19. The van der Waals surface area contributed by atoms with Crippen LogP contribution in [0.5, 0.6) is 0 Å². The summed E-state index contributed by atoms with van der Waals surface area (Å²) in [6.07, 6.45) is 0.952. The van der Waals surface area contributed by atoms with Gasteiger partial charge in [-0.15, -0.1) is 0 Å². The minimum atomic E-state index is 0.395. The van der Waals surface area contributed by atoms with E-state index in [1.54, 1.807) is 0 Å². The van der Waals surface area contributed by atoms with E-state index < -0.39 is 0 Å². The molecule has 10 heavy (non-hydrogen) atoms. The summed E-state index contributed by atoms with van der Waals surface area (Å²) in [6.45, 7) is 4.07. The van der Waals surface area contributed by atoms with Gasteiger partial charge in [0.25, 0.3) is 0 Å². The van der Waals surface area contributed by atoms with Crippen LogP contribution < -0.4 is 10.7 Å². The molecular weight excluding hydrogens is 146 g/mol. The average molecular weight is 157 g/mol. The minimum absolute atomic E-state index is 0.395. The highest BCUT2D eigenvalue weighted by molar-refractivity contribution is 7.80. The molecule has 0 aromatic carbocycles. The topological polar surface area (TPSA) is 36.4 Å². The van der Waals surface area contributed by atoms with Crippen molar-refractivity contribution in [2.24, 2.45) is 5.10 Å². The highest BCUT2D eigenvalue weighted by Gasteiger charge is 2.08. The van der Waals surface area contributed by atoms with E-state index >= 15 is 0 Å². The van der Waals surface area contributed by atoms with Crippen LogP contribution in [-0.2, 0) is 0 Å². The third-order valence-corrected chi connectivity index (χ3v) is 1.54. The number of hydrogen-bond donors (Lipinski definition) is 2. The molecule has 0 aromatic heterocycles. The van der Waals surface area contributed by atoms with Crippen molar-refractivity contribution in [2.75, 3.05) is 0 Å². The second kappa shape index (κ2) is 2.96. The number of hydrogen-bond acceptors (Lipinski definition) is 2. The average Bonchev–Trinajstić information content (AvgIpc) is 1.93. The predicted molar refractivity (Wildman–Crippen MR) is 46.1 cm³/mol. The standard InChI is InChI=1S/C6H11N3S/c1-4-3-5(2)8-9-6(10)7-4/h4H,3H2,1-2H3,(H2,7,9,10). The molecule has 0 aromatic rings. The van der Waals surface area contributed by atoms with Crippen molar-refractivity contribution in [1.82, 2.24) is 10.7 Å². The molecule has 0 saturated carbocycles. The molecule has 0 spiro atoms. The quantitative estimate of drug-likeness (QED) is 0.506. The molecule has 2 N–H and O–H groups in total. The summed E-state index contributed by atoms with van der Waals surface area (Å²) in [5, 5.41) is 7.71. The van der Waals surface area contributed by atoms with E-state index in [1.165, 1.54) is 0 Å². The maximum Gasteiger partial charge on any atom is 0.187 e. The zero-order valence-electron chi connectivity index (χ0n) is 6.14. The molecule has 0 radical (unpaired) electrons. The normalized spacial score (nSPS) is 26.0. The minimum Gasteiger partial charge on any atom is -0.358 e. The SMILES string of the molecule is CC1=NNC(=S)NC(C)C1. The molecule has 0 amide bonds. The van der Waals surface area contributed by atoms with E-state index in [1.807, 2.05) is 6.92 Å². The Bertz CT molecular complexity index is 176. The largest absolute Gasteiger partial charge is 0.358 e. The van der Waals surface area contributed by atoms with Crippen LogP contribution in [0.3, 0.4) is 0 Å². The lowest BCUT2D eigenvalue weighted by molar-refractivity contribution is 0.695. The van der Waals surface area contributed by atoms with Gasteiger partial charge < -0.3 is 5.32 Å². The van der Waals surface area contributed by atoms with E-state index in [9.17, 15) is 0 Å². The first-order valence-corrected chi connectivity index (χ1v) is 3.69. The van der Waals surface area contributed by atoms with Gasteiger partial charge in [-0.1, -0.05) is 0 Å². The monoisotopic (exact) mass is 157 g/mol. The van der Waals surface area contributed by atoms with E-state index in [4.69, 9.17) is 12.2 Å². The Morgan fingerprint density at radius 3 is 3.10 bits per heavy atom. The maximum absolute atomic E-state index is 4.89. The van der Waals surface area contributed by atoms with Gasteiger partial charge in [-0.2, -0.15) is 5.10 Å². The van der Waals surface area contributed by atoms with Crippen molar-refractivity contribution < 1.29 is 0 Å². The molecule has 0 fully saturated rings. The smallest absolute Gasteiger partial charge is 0.187 e. The van der Waals surface area contributed by atoms with Crippen LogP contribution in [0.4, 0.5) is 0 Å². The van der Waals surface area contributed by atoms with Gasteiger partial charge in [0.15, 0.2) is 5.11 Å². The van der Waals surface area contributed by atoms with Crippen molar-refractivity contribution in [3.8, 4) is 0 Å². The molecule has 0 saturated heterocycles. The van der Waals surface area contributed by atoms with Crippen molar-refractivity contribution in [3.63, 3.8) is 0 Å². The van der Waals surface area contributed by atoms with E-state index in [-0.39, 0.29) is 0 Å². The van der Waals surface area contributed by atoms with Crippen molar-refractivity contribution in [3.05, 3.63) is 0 Å². The van der Waals surface area contributed by atoms with Crippen molar-refractivity contribution in [1.29, 1.82) is 0 Å². The Morgan fingerprint density at radius 2 is 2.40 bits per heavy atom. The van der Waals surface area contributed by atoms with Crippen LogP contribution >= 0.6 is 12.2 Å². The predicted octanol–water partition coefficient (Wildman–Crippen LogP) is 0.619. The highest BCUT2D eigenvalue weighted by atomic mass is 32.1. The van der Waals surface area contributed by atoms with Gasteiger partial charge in [-0.25, -0.2) is 0 Å². The molecule has 1 heterocycles. The van der Waals surface area contributed by atoms with Crippen LogP contribution in [-0.4, -0.2) is 16.9 Å². The first kappa shape index (κ1) is 7.47. The molecule has 1 atom stereocenters. The lowest BCUT2D eigenvalue weighted by Crippen LogP contribution is -2.36. The summed E-state index contributed by atoms with van der Waals surface area (Å²) >= 11 is 4.89. The fraction of sp³-hybridized carbons (Fsp3) is 0.667. The van der Waals surface area contributed by atoms with E-state index in [0.29, 0.717) is 11.2 Å². The van der Waals surface area contributed by atoms with Crippen molar-refractivity contribution >= 4 is 23.0 Å².